The van der Waals surface area contributed by atoms with Gasteiger partial charge in [0.25, 0.3) is 0 Å². The van der Waals surface area contributed by atoms with Crippen molar-refractivity contribution in [3.8, 4) is 0 Å². The van der Waals surface area contributed by atoms with Gasteiger partial charge in [0.2, 0.25) is 15.9 Å². The topological polar surface area (TPSA) is 79.4 Å². The van der Waals surface area contributed by atoms with E-state index in [2.05, 4.69) is 10.3 Å². The summed E-state index contributed by atoms with van der Waals surface area (Å²) in [6.07, 6.45) is 2.74. The first-order valence-corrected chi connectivity index (χ1v) is 10.8. The Bertz CT molecular complexity index is 1140. The minimum atomic E-state index is -3.79. The summed E-state index contributed by atoms with van der Waals surface area (Å²) in [5, 5.41) is 3.49. The number of rotatable bonds is 4. The van der Waals surface area contributed by atoms with E-state index in [-0.39, 0.29) is 23.2 Å². The van der Waals surface area contributed by atoms with Crippen molar-refractivity contribution in [3.05, 3.63) is 66.6 Å². The minimum Gasteiger partial charge on any atom is -0.326 e. The summed E-state index contributed by atoms with van der Waals surface area (Å²) in [5.41, 5.74) is 0.905. The molecule has 0 bridgehead atoms. The zero-order chi connectivity index (χ0) is 20.4. The fourth-order valence-corrected chi connectivity index (χ4v) is 5.26. The molecule has 4 rings (SSSR count). The third-order valence-corrected chi connectivity index (χ3v) is 6.98. The second-order valence-corrected chi connectivity index (χ2v) is 8.94. The maximum Gasteiger partial charge on any atom is 0.245 e. The number of hydrogen-bond acceptors (Lipinski definition) is 4. The number of nitrogens with zero attached hydrogens (tertiary/aromatic N) is 2. The Balaban J connectivity index is 1.55. The van der Waals surface area contributed by atoms with E-state index in [4.69, 9.17) is 0 Å². The summed E-state index contributed by atoms with van der Waals surface area (Å²) in [6, 6.07) is 14.1. The molecule has 1 amide bonds. The Labute approximate surface area is 168 Å². The smallest absolute Gasteiger partial charge is 0.245 e. The number of halogens is 1. The van der Waals surface area contributed by atoms with Crippen molar-refractivity contribution in [1.29, 1.82) is 0 Å². The van der Waals surface area contributed by atoms with Gasteiger partial charge in [0, 0.05) is 30.4 Å². The van der Waals surface area contributed by atoms with Crippen LogP contribution in [0.1, 0.15) is 12.8 Å². The molecule has 0 aliphatic carbocycles. The molecule has 2 heterocycles. The Hall–Kier alpha value is -2.84. The number of para-hydroxylation sites is 1. The second kappa shape index (κ2) is 7.88. The van der Waals surface area contributed by atoms with E-state index < -0.39 is 15.9 Å². The summed E-state index contributed by atoms with van der Waals surface area (Å²) in [4.78, 5) is 17.0. The van der Waals surface area contributed by atoms with Crippen LogP contribution in [0.25, 0.3) is 10.9 Å². The zero-order valence-electron chi connectivity index (χ0n) is 15.6. The molecule has 0 radical (unpaired) electrons. The molecule has 29 heavy (non-hydrogen) atoms. The average Bonchev–Trinajstić information content (AvgIpc) is 2.75. The molecular formula is C21H20FN3O3S. The molecule has 0 unspecified atom stereocenters. The van der Waals surface area contributed by atoms with Crippen LogP contribution in [-0.4, -0.2) is 36.7 Å². The number of sulfonamides is 1. The summed E-state index contributed by atoms with van der Waals surface area (Å²) in [6.45, 7) is 0.449. The van der Waals surface area contributed by atoms with E-state index in [1.165, 1.54) is 28.6 Å². The second-order valence-electron chi connectivity index (χ2n) is 7.03. The fraction of sp³-hybridized carbons (Fsp3) is 0.238. The Morgan fingerprint density at radius 3 is 2.66 bits per heavy atom. The average molecular weight is 413 g/mol. The van der Waals surface area contributed by atoms with Gasteiger partial charge in [-0.25, -0.2) is 12.8 Å². The van der Waals surface area contributed by atoms with Crippen molar-refractivity contribution < 1.29 is 17.6 Å². The molecule has 6 nitrogen and oxygen atoms in total. The van der Waals surface area contributed by atoms with Crippen molar-refractivity contribution >= 4 is 32.5 Å². The van der Waals surface area contributed by atoms with Gasteiger partial charge in [-0.15, -0.1) is 0 Å². The Kier molecular flexibility index (Phi) is 5.29. The van der Waals surface area contributed by atoms with Crippen molar-refractivity contribution in [2.75, 3.05) is 18.4 Å². The van der Waals surface area contributed by atoms with E-state index in [1.807, 2.05) is 12.1 Å². The predicted molar refractivity (Wildman–Crippen MR) is 108 cm³/mol. The number of carbonyl (C=O) groups is 1. The highest BCUT2D eigenvalue weighted by atomic mass is 32.2. The lowest BCUT2D eigenvalue weighted by Gasteiger charge is -2.31. The molecular weight excluding hydrogens is 393 g/mol. The molecule has 150 valence electrons. The van der Waals surface area contributed by atoms with Gasteiger partial charge in [-0.3, -0.25) is 9.78 Å². The minimum absolute atomic E-state index is 0.0958. The number of pyridine rings is 1. The largest absolute Gasteiger partial charge is 0.326 e. The van der Waals surface area contributed by atoms with Gasteiger partial charge in [0.15, 0.2) is 0 Å². The van der Waals surface area contributed by atoms with Crippen LogP contribution in [0.15, 0.2) is 65.7 Å². The summed E-state index contributed by atoms with van der Waals surface area (Å²) in [5.74, 6) is -1.14. The summed E-state index contributed by atoms with van der Waals surface area (Å²) in [7, 11) is -3.79. The quantitative estimate of drug-likeness (QED) is 0.711. The number of benzene rings is 2. The van der Waals surface area contributed by atoms with Gasteiger partial charge in [0.1, 0.15) is 10.7 Å². The van der Waals surface area contributed by atoms with E-state index in [0.717, 1.165) is 5.39 Å². The monoisotopic (exact) mass is 413 g/mol. The van der Waals surface area contributed by atoms with E-state index in [1.54, 1.807) is 24.4 Å². The molecule has 1 fully saturated rings. The van der Waals surface area contributed by atoms with Crippen LogP contribution in [-0.2, 0) is 14.8 Å². The van der Waals surface area contributed by atoms with Gasteiger partial charge in [-0.05, 0) is 49.2 Å². The van der Waals surface area contributed by atoms with Crippen LogP contribution >= 0.6 is 0 Å². The van der Waals surface area contributed by atoms with Crippen molar-refractivity contribution in [2.45, 2.75) is 17.7 Å². The van der Waals surface area contributed by atoms with E-state index in [9.17, 15) is 17.6 Å². The molecule has 1 aliphatic heterocycles. The molecule has 1 saturated heterocycles. The fourth-order valence-electron chi connectivity index (χ4n) is 3.58. The SMILES string of the molecule is O=C(Nc1ccc(F)cc1)[C@H]1CCCN(S(=O)(=O)c2cccc3cccnc23)C1. The van der Waals surface area contributed by atoms with Crippen molar-refractivity contribution in [2.24, 2.45) is 5.92 Å². The third-order valence-electron chi connectivity index (χ3n) is 5.08. The number of nitrogens with one attached hydrogen (secondary N) is 1. The van der Waals surface area contributed by atoms with Gasteiger partial charge in [0.05, 0.1) is 11.4 Å². The van der Waals surface area contributed by atoms with Crippen LogP contribution in [0.3, 0.4) is 0 Å². The number of hydrogen-bond donors (Lipinski definition) is 1. The van der Waals surface area contributed by atoms with Gasteiger partial charge in [-0.1, -0.05) is 18.2 Å². The first-order chi connectivity index (χ1) is 13.9. The highest BCUT2D eigenvalue weighted by Crippen LogP contribution is 2.28. The van der Waals surface area contributed by atoms with Crippen molar-refractivity contribution in [1.82, 2.24) is 9.29 Å². The van der Waals surface area contributed by atoms with Gasteiger partial charge >= 0.3 is 0 Å². The number of amides is 1. The molecule has 3 aromatic rings. The molecule has 0 saturated carbocycles. The lowest BCUT2D eigenvalue weighted by Crippen LogP contribution is -2.43. The molecule has 1 N–H and O–H groups in total. The van der Waals surface area contributed by atoms with Crippen molar-refractivity contribution in [3.63, 3.8) is 0 Å². The Morgan fingerprint density at radius 1 is 1.10 bits per heavy atom. The maximum absolute atomic E-state index is 13.3. The normalized spacial score (nSPS) is 17.9. The molecule has 1 aliphatic rings. The van der Waals surface area contributed by atoms with Crippen LogP contribution < -0.4 is 5.32 Å². The molecule has 8 heteroatoms. The zero-order valence-corrected chi connectivity index (χ0v) is 16.4. The van der Waals surface area contributed by atoms with Gasteiger partial charge in [-0.2, -0.15) is 4.31 Å². The highest BCUT2D eigenvalue weighted by Gasteiger charge is 2.34. The lowest BCUT2D eigenvalue weighted by molar-refractivity contribution is -0.120. The molecule has 0 spiro atoms. The van der Waals surface area contributed by atoms with Gasteiger partial charge < -0.3 is 5.32 Å². The number of piperidine rings is 1. The number of anilines is 1. The van der Waals surface area contributed by atoms with Crippen LogP contribution in [0, 0.1) is 11.7 Å². The van der Waals surface area contributed by atoms with E-state index in [0.29, 0.717) is 30.6 Å². The third kappa shape index (κ3) is 3.99. The summed E-state index contributed by atoms with van der Waals surface area (Å²) < 4.78 is 41.0. The standard InChI is InChI=1S/C21H20FN3O3S/c22-17-8-10-18(11-9-17)24-21(26)16-6-3-13-25(14-16)29(27,28)19-7-1-4-15-5-2-12-23-20(15)19/h1-2,4-5,7-12,16H,3,6,13-14H2,(H,24,26)/t16-/m0/s1. The molecule has 2 aromatic carbocycles. The lowest BCUT2D eigenvalue weighted by atomic mass is 9.99. The van der Waals surface area contributed by atoms with E-state index >= 15 is 0 Å². The first-order valence-electron chi connectivity index (χ1n) is 9.35. The molecule has 1 atom stereocenters. The summed E-state index contributed by atoms with van der Waals surface area (Å²) >= 11 is 0. The highest BCUT2D eigenvalue weighted by molar-refractivity contribution is 7.89. The maximum atomic E-state index is 13.3. The first kappa shape index (κ1) is 19.5. The van der Waals surface area contributed by atoms with Crippen LogP contribution in [0.2, 0.25) is 0 Å². The van der Waals surface area contributed by atoms with Crippen LogP contribution in [0.4, 0.5) is 10.1 Å². The number of aromatic nitrogens is 1. The molecule has 1 aromatic heterocycles. The predicted octanol–water partition coefficient (Wildman–Crippen LogP) is 3.41. The number of carbonyl (C=O) groups excluding carboxylic acids is 1. The Morgan fingerprint density at radius 2 is 1.86 bits per heavy atom. The number of fused-ring (bicyclic) bond motifs is 1. The van der Waals surface area contributed by atoms with Crippen LogP contribution in [0.5, 0.6) is 0 Å².